The third-order valence-electron chi connectivity index (χ3n) is 1.64. The molecule has 70 valence electrons. The Balaban J connectivity index is 2.35. The molecule has 1 fully saturated rings. The average molecular weight is 180 g/mol. The van der Waals surface area contributed by atoms with Crippen molar-refractivity contribution in [3.63, 3.8) is 0 Å². The van der Waals surface area contributed by atoms with E-state index in [9.17, 15) is 13.6 Å². The molecule has 0 radical (unpaired) electrons. The lowest BCUT2D eigenvalue weighted by Gasteiger charge is -2.17. The molecule has 1 heterocycles. The molecule has 4 nitrogen and oxygen atoms in total. The van der Waals surface area contributed by atoms with Crippen molar-refractivity contribution in [2.24, 2.45) is 0 Å². The van der Waals surface area contributed by atoms with Gasteiger partial charge in [0.1, 0.15) is 6.10 Å². The highest BCUT2D eigenvalue weighted by atomic mass is 19.3. The van der Waals surface area contributed by atoms with Crippen LogP contribution in [0.3, 0.4) is 0 Å². The first-order valence-electron chi connectivity index (χ1n) is 3.60. The molecule has 0 bridgehead atoms. The number of nitrogens with zero attached hydrogens (tertiary/aromatic N) is 1. The van der Waals surface area contributed by atoms with Gasteiger partial charge >= 0.3 is 6.03 Å². The van der Waals surface area contributed by atoms with Gasteiger partial charge in [-0.05, 0) is 0 Å². The third-order valence-corrected chi connectivity index (χ3v) is 1.64. The highest BCUT2D eigenvalue weighted by Gasteiger charge is 2.26. The van der Waals surface area contributed by atoms with E-state index in [0.29, 0.717) is 13.1 Å². The Hall–Kier alpha value is -0.910. The molecule has 1 saturated heterocycles. The maximum absolute atomic E-state index is 11.8. The van der Waals surface area contributed by atoms with Gasteiger partial charge in [0.15, 0.2) is 0 Å². The monoisotopic (exact) mass is 180 g/mol. The molecule has 12 heavy (non-hydrogen) atoms. The van der Waals surface area contributed by atoms with Gasteiger partial charge in [-0.15, -0.1) is 0 Å². The summed E-state index contributed by atoms with van der Waals surface area (Å²) in [5.74, 6) is 0. The highest BCUT2D eigenvalue weighted by Crippen LogP contribution is 2.05. The SMILES string of the molecule is O=C1NCCN1CC(O)C(F)F. The summed E-state index contributed by atoms with van der Waals surface area (Å²) < 4.78 is 23.6. The maximum Gasteiger partial charge on any atom is 0.317 e. The van der Waals surface area contributed by atoms with Gasteiger partial charge in [0, 0.05) is 13.1 Å². The van der Waals surface area contributed by atoms with E-state index in [1.54, 1.807) is 0 Å². The third kappa shape index (κ3) is 2.04. The Morgan fingerprint density at radius 2 is 2.33 bits per heavy atom. The average Bonchev–Trinajstić information content (AvgIpc) is 2.36. The minimum atomic E-state index is -2.79. The highest BCUT2D eigenvalue weighted by molar-refractivity contribution is 5.76. The van der Waals surface area contributed by atoms with E-state index >= 15 is 0 Å². The van der Waals surface area contributed by atoms with Crippen molar-refractivity contribution in [1.29, 1.82) is 0 Å². The number of hydrogen-bond donors (Lipinski definition) is 2. The zero-order valence-corrected chi connectivity index (χ0v) is 6.33. The van der Waals surface area contributed by atoms with Gasteiger partial charge in [-0.1, -0.05) is 0 Å². The molecule has 2 N–H and O–H groups in total. The summed E-state index contributed by atoms with van der Waals surface area (Å²) in [4.78, 5) is 12.0. The van der Waals surface area contributed by atoms with Crippen LogP contribution in [0, 0.1) is 0 Å². The molecule has 1 atom stereocenters. The summed E-state index contributed by atoms with van der Waals surface area (Å²) in [5, 5.41) is 11.2. The molecule has 1 aliphatic rings. The van der Waals surface area contributed by atoms with E-state index in [-0.39, 0.29) is 6.54 Å². The summed E-state index contributed by atoms with van der Waals surface area (Å²) in [7, 11) is 0. The van der Waals surface area contributed by atoms with Gasteiger partial charge in [0.2, 0.25) is 0 Å². The normalized spacial score (nSPS) is 20.0. The summed E-state index contributed by atoms with van der Waals surface area (Å²) in [6.45, 7) is 0.529. The number of amides is 2. The lowest BCUT2D eigenvalue weighted by molar-refractivity contribution is -0.0152. The Labute approximate surface area is 68.2 Å². The summed E-state index contributed by atoms with van der Waals surface area (Å²) in [5.41, 5.74) is 0. The molecule has 0 aromatic heterocycles. The number of carbonyl (C=O) groups excluding carboxylic acids is 1. The number of hydrogen-bond acceptors (Lipinski definition) is 2. The Morgan fingerprint density at radius 1 is 1.67 bits per heavy atom. The zero-order valence-electron chi connectivity index (χ0n) is 6.33. The quantitative estimate of drug-likeness (QED) is 0.623. The van der Waals surface area contributed by atoms with Crippen molar-refractivity contribution < 1.29 is 18.7 Å². The summed E-state index contributed by atoms with van der Waals surface area (Å²) in [6.07, 6.45) is -4.53. The van der Waals surface area contributed by atoms with Crippen molar-refractivity contribution in [2.75, 3.05) is 19.6 Å². The topological polar surface area (TPSA) is 52.6 Å². The maximum atomic E-state index is 11.8. The summed E-state index contributed by atoms with van der Waals surface area (Å²) >= 11 is 0. The fourth-order valence-electron chi connectivity index (χ4n) is 0.991. The Morgan fingerprint density at radius 3 is 2.75 bits per heavy atom. The van der Waals surface area contributed by atoms with Gasteiger partial charge in [0.05, 0.1) is 6.54 Å². The van der Waals surface area contributed by atoms with Crippen molar-refractivity contribution in [2.45, 2.75) is 12.5 Å². The van der Waals surface area contributed by atoms with Crippen molar-refractivity contribution in [3.05, 3.63) is 0 Å². The lowest BCUT2D eigenvalue weighted by Crippen LogP contribution is -2.38. The molecule has 0 aromatic rings. The van der Waals surface area contributed by atoms with Gasteiger partial charge in [-0.25, -0.2) is 13.6 Å². The van der Waals surface area contributed by atoms with E-state index < -0.39 is 18.6 Å². The first-order chi connectivity index (χ1) is 5.61. The van der Waals surface area contributed by atoms with E-state index in [1.165, 1.54) is 0 Å². The second kappa shape index (κ2) is 3.66. The van der Waals surface area contributed by atoms with Crippen LogP contribution in [-0.4, -0.2) is 48.2 Å². The van der Waals surface area contributed by atoms with Gasteiger partial charge in [0.25, 0.3) is 6.43 Å². The van der Waals surface area contributed by atoms with Crippen molar-refractivity contribution in [3.8, 4) is 0 Å². The van der Waals surface area contributed by atoms with E-state index in [2.05, 4.69) is 5.32 Å². The number of aliphatic hydroxyl groups is 1. The predicted molar refractivity (Wildman–Crippen MR) is 37.0 cm³/mol. The van der Waals surface area contributed by atoms with Crippen molar-refractivity contribution in [1.82, 2.24) is 10.2 Å². The molecule has 6 heteroatoms. The molecule has 0 spiro atoms. The standard InChI is InChI=1S/C6H10F2N2O2/c7-5(8)4(11)3-10-2-1-9-6(10)12/h4-5,11H,1-3H2,(H,9,12). The van der Waals surface area contributed by atoms with Crippen LogP contribution in [-0.2, 0) is 0 Å². The fraction of sp³-hybridized carbons (Fsp3) is 0.833. The van der Waals surface area contributed by atoms with Crippen LogP contribution in [0.15, 0.2) is 0 Å². The number of alkyl halides is 2. The minimum Gasteiger partial charge on any atom is -0.385 e. The molecule has 0 aliphatic carbocycles. The molecule has 0 aromatic carbocycles. The van der Waals surface area contributed by atoms with E-state index in [0.717, 1.165) is 4.90 Å². The van der Waals surface area contributed by atoms with Gasteiger partial charge in [-0.2, -0.15) is 0 Å². The van der Waals surface area contributed by atoms with Crippen LogP contribution in [0.25, 0.3) is 0 Å². The van der Waals surface area contributed by atoms with Crippen LogP contribution in [0.4, 0.5) is 13.6 Å². The smallest absolute Gasteiger partial charge is 0.317 e. The number of nitrogens with one attached hydrogen (secondary N) is 1. The Bertz CT molecular complexity index is 177. The van der Waals surface area contributed by atoms with Gasteiger partial charge < -0.3 is 15.3 Å². The number of β-amino-alcohol motifs (C(OH)–C–C–N with tert-alkyl or cyclic N) is 1. The van der Waals surface area contributed by atoms with Crippen LogP contribution in [0.2, 0.25) is 0 Å². The number of rotatable bonds is 3. The molecule has 1 rings (SSSR count). The molecule has 0 saturated carbocycles. The Kier molecular flexibility index (Phi) is 2.80. The zero-order chi connectivity index (χ0) is 9.14. The molecule has 2 amide bonds. The van der Waals surface area contributed by atoms with Crippen LogP contribution < -0.4 is 5.32 Å². The lowest BCUT2D eigenvalue weighted by atomic mass is 10.3. The second-order valence-corrected chi connectivity index (χ2v) is 2.58. The summed E-state index contributed by atoms with van der Waals surface area (Å²) in [6, 6.07) is -0.394. The number of carbonyl (C=O) groups is 1. The fourth-order valence-corrected chi connectivity index (χ4v) is 0.991. The molecular weight excluding hydrogens is 170 g/mol. The van der Waals surface area contributed by atoms with Crippen LogP contribution in [0.5, 0.6) is 0 Å². The molecule has 1 aliphatic heterocycles. The van der Waals surface area contributed by atoms with Crippen LogP contribution in [0.1, 0.15) is 0 Å². The van der Waals surface area contributed by atoms with Crippen LogP contribution >= 0.6 is 0 Å². The largest absolute Gasteiger partial charge is 0.385 e. The van der Waals surface area contributed by atoms with E-state index in [1.807, 2.05) is 0 Å². The van der Waals surface area contributed by atoms with Crippen molar-refractivity contribution >= 4 is 6.03 Å². The first kappa shape index (κ1) is 9.18. The molecule has 1 unspecified atom stereocenters. The van der Waals surface area contributed by atoms with E-state index in [4.69, 9.17) is 5.11 Å². The number of halogens is 2. The minimum absolute atomic E-state index is 0.302. The van der Waals surface area contributed by atoms with Gasteiger partial charge in [-0.3, -0.25) is 0 Å². The number of aliphatic hydroxyl groups excluding tert-OH is 1. The predicted octanol–water partition coefficient (Wildman–Crippen LogP) is -0.362. The molecular formula is C6H10F2N2O2. The number of urea groups is 1. The first-order valence-corrected chi connectivity index (χ1v) is 3.60. The second-order valence-electron chi connectivity index (χ2n) is 2.58.